The van der Waals surface area contributed by atoms with Gasteiger partial charge in [0.1, 0.15) is 19.3 Å². The predicted molar refractivity (Wildman–Crippen MR) is 335 cm³/mol. The third-order valence-corrected chi connectivity index (χ3v) is 15.7. The molecule has 1 amide bonds. The molecule has 10 heteroatoms. The summed E-state index contributed by atoms with van der Waals surface area (Å²) in [6, 6.07) is -0.892. The van der Waals surface area contributed by atoms with Gasteiger partial charge in [0.15, 0.2) is 0 Å². The van der Waals surface area contributed by atoms with Crippen LogP contribution in [0.15, 0.2) is 60.8 Å². The van der Waals surface area contributed by atoms with E-state index in [4.69, 9.17) is 13.8 Å². The summed E-state index contributed by atoms with van der Waals surface area (Å²) in [5.41, 5.74) is 0. The highest BCUT2D eigenvalue weighted by Gasteiger charge is 2.27. The Balaban J connectivity index is 5.18. The van der Waals surface area contributed by atoms with E-state index in [0.717, 1.165) is 89.9 Å². The van der Waals surface area contributed by atoms with Crippen molar-refractivity contribution in [2.75, 3.05) is 40.9 Å². The first-order valence-corrected chi connectivity index (χ1v) is 34.6. The van der Waals surface area contributed by atoms with Gasteiger partial charge >= 0.3 is 5.97 Å². The number of nitrogens with one attached hydrogen (secondary N) is 1. The minimum Gasteiger partial charge on any atom is -0.756 e. The topological polar surface area (TPSA) is 114 Å². The quantitative estimate of drug-likeness (QED) is 0.0212. The molecule has 0 aliphatic carbocycles. The van der Waals surface area contributed by atoms with Crippen LogP contribution in [0.3, 0.4) is 0 Å². The Morgan fingerprint density at radius 3 is 1.19 bits per heavy atom. The lowest BCUT2D eigenvalue weighted by Crippen LogP contribution is -2.47. The monoisotopic (exact) mass is 1110 g/mol. The highest BCUT2D eigenvalue weighted by atomic mass is 31.2. The van der Waals surface area contributed by atoms with Gasteiger partial charge in [-0.1, -0.05) is 281 Å². The fraction of sp³-hybridized carbons (Fsp3) is 0.824. The molecule has 0 aliphatic heterocycles. The van der Waals surface area contributed by atoms with Gasteiger partial charge in [-0.25, -0.2) is 0 Å². The van der Waals surface area contributed by atoms with Crippen LogP contribution in [0.25, 0.3) is 0 Å². The molecular weight excluding hydrogens is 988 g/mol. The van der Waals surface area contributed by atoms with E-state index in [-0.39, 0.29) is 31.5 Å². The number of rotatable bonds is 60. The number of ether oxygens (including phenoxy) is 1. The van der Waals surface area contributed by atoms with Crippen molar-refractivity contribution in [2.24, 2.45) is 0 Å². The van der Waals surface area contributed by atoms with Crippen molar-refractivity contribution >= 4 is 19.7 Å². The number of allylic oxidation sites excluding steroid dienone is 9. The average molecular weight is 1120 g/mol. The number of likely N-dealkylation sites (N-methyl/N-ethyl adjacent to an activating group) is 1. The normalized spacial score (nSPS) is 14.0. The van der Waals surface area contributed by atoms with Gasteiger partial charge < -0.3 is 28.5 Å². The fourth-order valence-corrected chi connectivity index (χ4v) is 10.3. The molecular formula is C68H127N2O7P. The summed E-state index contributed by atoms with van der Waals surface area (Å²) in [6.07, 6.45) is 73.2. The standard InChI is InChI=1S/C68H127N2O7P/c1-7-10-13-16-19-22-25-28-30-32-33-34-35-36-37-39-41-43-46-49-52-55-58-61-68(72)77-66(59-56-53-50-47-44-27-24-21-18-15-12-9-3)65(64-76-78(73,74)75-63-62-70(4,5)6)69-67(71)60-57-54-51-48-45-42-40-38-31-29-26-23-20-17-14-11-8-2/h19,22,28,30,33-34,36-37,56,59,65-66H,7-18,20-21,23-27,29,31-32,35,38-55,57-58,60-64H2,1-6H3,(H-,69,71,73,74)/b22-19-,30-28-,34-33-,37-36-,59-56+. The van der Waals surface area contributed by atoms with Crippen LogP contribution in [0.2, 0.25) is 0 Å². The molecule has 0 bridgehead atoms. The van der Waals surface area contributed by atoms with Crippen molar-refractivity contribution in [2.45, 2.75) is 322 Å². The van der Waals surface area contributed by atoms with Crippen molar-refractivity contribution < 1.29 is 37.3 Å². The Morgan fingerprint density at radius 1 is 0.449 bits per heavy atom. The number of hydrogen-bond donors (Lipinski definition) is 1. The summed E-state index contributed by atoms with van der Waals surface area (Å²) >= 11 is 0. The lowest BCUT2D eigenvalue weighted by atomic mass is 10.0. The molecule has 0 fully saturated rings. The minimum atomic E-state index is -4.70. The third-order valence-electron chi connectivity index (χ3n) is 14.7. The largest absolute Gasteiger partial charge is 0.756 e. The summed E-state index contributed by atoms with van der Waals surface area (Å²) in [5, 5.41) is 3.04. The maximum Gasteiger partial charge on any atom is 0.306 e. The number of quaternary nitrogens is 1. The second kappa shape index (κ2) is 57.9. The van der Waals surface area contributed by atoms with E-state index in [2.05, 4.69) is 74.7 Å². The molecule has 0 heterocycles. The lowest BCUT2D eigenvalue weighted by Gasteiger charge is -2.30. The lowest BCUT2D eigenvalue weighted by molar-refractivity contribution is -0.870. The number of phosphoric acid groups is 1. The number of unbranched alkanes of at least 4 members (excludes halogenated alkanes) is 36. The Morgan fingerprint density at radius 2 is 0.782 bits per heavy atom. The molecule has 3 atom stereocenters. The average Bonchev–Trinajstić information content (AvgIpc) is 3.40. The fourth-order valence-electron chi connectivity index (χ4n) is 9.57. The van der Waals surface area contributed by atoms with Gasteiger partial charge in [0.25, 0.3) is 7.82 Å². The number of esters is 1. The van der Waals surface area contributed by atoms with E-state index in [1.54, 1.807) is 0 Å². The first-order valence-electron chi connectivity index (χ1n) is 33.1. The molecule has 0 spiro atoms. The first kappa shape index (κ1) is 75.7. The Bertz CT molecular complexity index is 1520. The molecule has 0 rings (SSSR count). The van der Waals surface area contributed by atoms with Gasteiger partial charge in [0, 0.05) is 12.8 Å². The van der Waals surface area contributed by atoms with Crippen LogP contribution in [0.4, 0.5) is 0 Å². The number of phosphoric ester groups is 1. The molecule has 0 aromatic carbocycles. The highest BCUT2D eigenvalue weighted by Crippen LogP contribution is 2.38. The molecule has 1 N–H and O–H groups in total. The molecule has 0 aromatic rings. The van der Waals surface area contributed by atoms with Crippen LogP contribution in [0.1, 0.15) is 310 Å². The summed E-state index contributed by atoms with van der Waals surface area (Å²) < 4.78 is 30.4. The van der Waals surface area contributed by atoms with Crippen molar-refractivity contribution in [1.82, 2.24) is 5.32 Å². The smallest absolute Gasteiger partial charge is 0.306 e. The number of hydrogen-bond acceptors (Lipinski definition) is 7. The predicted octanol–water partition coefficient (Wildman–Crippen LogP) is 20.0. The second-order valence-corrected chi connectivity index (χ2v) is 25.0. The zero-order valence-corrected chi connectivity index (χ0v) is 53.0. The van der Waals surface area contributed by atoms with Gasteiger partial charge in [-0.05, 0) is 76.7 Å². The highest BCUT2D eigenvalue weighted by molar-refractivity contribution is 7.45. The summed E-state index contributed by atoms with van der Waals surface area (Å²) in [7, 11) is 1.18. The number of carbonyl (C=O) groups excluding carboxylic acids is 2. The zero-order chi connectivity index (χ0) is 57.2. The van der Waals surface area contributed by atoms with Crippen LogP contribution in [0.5, 0.6) is 0 Å². The summed E-state index contributed by atoms with van der Waals surface area (Å²) in [4.78, 5) is 40.1. The van der Waals surface area contributed by atoms with Gasteiger partial charge in [0.05, 0.1) is 33.8 Å². The van der Waals surface area contributed by atoms with E-state index in [0.29, 0.717) is 17.4 Å². The molecule has 0 aromatic heterocycles. The Labute approximate surface area is 483 Å². The van der Waals surface area contributed by atoms with Gasteiger partial charge in [-0.3, -0.25) is 14.2 Å². The van der Waals surface area contributed by atoms with Crippen molar-refractivity contribution in [3.63, 3.8) is 0 Å². The molecule has 0 radical (unpaired) electrons. The number of nitrogens with zero attached hydrogens (tertiary/aromatic N) is 1. The summed E-state index contributed by atoms with van der Waals surface area (Å²) in [6.45, 7) is 6.84. The van der Waals surface area contributed by atoms with Crippen LogP contribution < -0.4 is 10.2 Å². The SMILES string of the molecule is CCCCC/C=C\C/C=C\C/C=C\C/C=C\CCCCCCCCCC(=O)OC(/C=C/CCCCCCCCCCCC)C(COP(=O)([O-])OCC[N+](C)(C)C)NC(=O)CCCCCCCCCCCCCCCCCCC. The van der Waals surface area contributed by atoms with Gasteiger partial charge in [0.2, 0.25) is 5.91 Å². The zero-order valence-electron chi connectivity index (χ0n) is 52.1. The second-order valence-electron chi connectivity index (χ2n) is 23.6. The van der Waals surface area contributed by atoms with E-state index >= 15 is 0 Å². The Hall–Kier alpha value is -2.29. The van der Waals surface area contributed by atoms with Gasteiger partial charge in [-0.15, -0.1) is 0 Å². The van der Waals surface area contributed by atoms with E-state index in [1.165, 1.54) is 186 Å². The maximum absolute atomic E-state index is 13.5. The summed E-state index contributed by atoms with van der Waals surface area (Å²) in [5.74, 6) is -0.543. The molecule has 0 saturated carbocycles. The third kappa shape index (κ3) is 58.4. The number of amides is 1. The first-order chi connectivity index (χ1) is 37.9. The maximum atomic E-state index is 13.5. The van der Waals surface area contributed by atoms with Crippen LogP contribution >= 0.6 is 7.82 Å². The molecule has 456 valence electrons. The Kier molecular flexibility index (Phi) is 56.2. The minimum absolute atomic E-state index is 0.0239. The number of carbonyl (C=O) groups is 2. The van der Waals surface area contributed by atoms with E-state index < -0.39 is 20.0 Å². The van der Waals surface area contributed by atoms with Crippen LogP contribution in [0, 0.1) is 0 Å². The molecule has 0 saturated heterocycles. The van der Waals surface area contributed by atoms with E-state index in [1.807, 2.05) is 33.3 Å². The van der Waals surface area contributed by atoms with Crippen molar-refractivity contribution in [1.29, 1.82) is 0 Å². The van der Waals surface area contributed by atoms with Crippen molar-refractivity contribution in [3.05, 3.63) is 60.8 Å². The molecule has 3 unspecified atom stereocenters. The molecule has 78 heavy (non-hydrogen) atoms. The van der Waals surface area contributed by atoms with Crippen LogP contribution in [-0.2, 0) is 27.9 Å². The van der Waals surface area contributed by atoms with E-state index in [9.17, 15) is 19.0 Å². The molecule has 9 nitrogen and oxygen atoms in total. The van der Waals surface area contributed by atoms with Gasteiger partial charge in [-0.2, -0.15) is 0 Å². The van der Waals surface area contributed by atoms with Crippen molar-refractivity contribution in [3.8, 4) is 0 Å². The molecule has 0 aliphatic rings. The van der Waals surface area contributed by atoms with Crippen LogP contribution in [-0.4, -0.2) is 69.4 Å².